The molecule has 1 aliphatic heterocycles. The number of nitrogens with zero attached hydrogens (tertiary/aromatic N) is 1. The molecule has 0 aromatic carbocycles. The maximum Gasteiger partial charge on any atom is 0.224 e. The maximum atomic E-state index is 12.2. The van der Waals surface area contributed by atoms with Crippen molar-refractivity contribution in [2.45, 2.75) is 64.3 Å². The summed E-state index contributed by atoms with van der Waals surface area (Å²) in [5.74, 6) is 0.150. The van der Waals surface area contributed by atoms with Crippen LogP contribution in [0.25, 0.3) is 0 Å². The van der Waals surface area contributed by atoms with Crippen LogP contribution >= 0.6 is 12.4 Å². The number of nitrogens with one attached hydrogen (secondary N) is 2. The van der Waals surface area contributed by atoms with Crippen molar-refractivity contribution >= 4 is 24.2 Å². The first-order valence-corrected chi connectivity index (χ1v) is 8.93. The lowest BCUT2D eigenvalue weighted by atomic mass is 9.97. The molecule has 1 aliphatic carbocycles. The number of likely N-dealkylation sites (tertiary alicyclic amines) is 1. The minimum atomic E-state index is -0.0319. The highest BCUT2D eigenvalue weighted by atomic mass is 35.5. The minimum Gasteiger partial charge on any atom is -0.355 e. The van der Waals surface area contributed by atoms with E-state index in [-0.39, 0.29) is 30.1 Å². The van der Waals surface area contributed by atoms with Gasteiger partial charge in [-0.3, -0.25) is 9.59 Å². The molecule has 0 radical (unpaired) electrons. The molecule has 1 unspecified atom stereocenters. The van der Waals surface area contributed by atoms with Crippen molar-refractivity contribution in [3.05, 3.63) is 0 Å². The van der Waals surface area contributed by atoms with Crippen molar-refractivity contribution in [1.82, 2.24) is 15.5 Å². The van der Waals surface area contributed by atoms with Crippen LogP contribution in [0.3, 0.4) is 0 Å². The molecule has 2 amide bonds. The minimum absolute atomic E-state index is 0. The standard InChI is InChI=1S/C17H31N3O2.ClH/c1-14(21)20-12-6-7-15(13-20)17(22)19-11-10-18-16-8-4-2-3-5-9-16;/h15-16,18H,2-13H2,1H3,(H,19,22);1H. The van der Waals surface area contributed by atoms with Crippen LogP contribution in [0.4, 0.5) is 0 Å². The van der Waals surface area contributed by atoms with Crippen molar-refractivity contribution in [2.75, 3.05) is 26.2 Å². The van der Waals surface area contributed by atoms with Gasteiger partial charge in [-0.1, -0.05) is 25.7 Å². The van der Waals surface area contributed by atoms with Gasteiger partial charge in [-0.15, -0.1) is 12.4 Å². The molecule has 1 saturated heterocycles. The lowest BCUT2D eigenvalue weighted by molar-refractivity contribution is -0.133. The SMILES string of the molecule is CC(=O)N1CCCC(C(=O)NCCNC2CCCCCC2)C1.Cl. The molecule has 6 heteroatoms. The highest BCUT2D eigenvalue weighted by Crippen LogP contribution is 2.17. The van der Waals surface area contributed by atoms with Gasteiger partial charge in [-0.25, -0.2) is 0 Å². The Balaban J connectivity index is 0.00000264. The molecular weight excluding hydrogens is 314 g/mol. The van der Waals surface area contributed by atoms with E-state index in [4.69, 9.17) is 0 Å². The highest BCUT2D eigenvalue weighted by molar-refractivity contribution is 5.85. The first-order chi connectivity index (χ1) is 10.7. The molecule has 5 nitrogen and oxygen atoms in total. The Morgan fingerprint density at radius 2 is 1.70 bits per heavy atom. The van der Waals surface area contributed by atoms with Gasteiger partial charge in [-0.05, 0) is 25.7 Å². The average Bonchev–Trinajstić information content (AvgIpc) is 2.80. The molecule has 2 aliphatic rings. The quantitative estimate of drug-likeness (QED) is 0.592. The molecule has 1 atom stereocenters. The zero-order valence-electron chi connectivity index (χ0n) is 14.3. The fourth-order valence-electron chi connectivity index (χ4n) is 3.57. The van der Waals surface area contributed by atoms with E-state index in [0.717, 1.165) is 25.9 Å². The lowest BCUT2D eigenvalue weighted by Crippen LogP contribution is -2.46. The molecule has 0 aromatic rings. The van der Waals surface area contributed by atoms with Crippen LogP contribution in [0, 0.1) is 5.92 Å². The van der Waals surface area contributed by atoms with Crippen molar-refractivity contribution in [2.24, 2.45) is 5.92 Å². The van der Waals surface area contributed by atoms with Crippen molar-refractivity contribution in [3.63, 3.8) is 0 Å². The smallest absolute Gasteiger partial charge is 0.224 e. The van der Waals surface area contributed by atoms with Crippen molar-refractivity contribution in [3.8, 4) is 0 Å². The van der Waals surface area contributed by atoms with Gasteiger partial charge in [0, 0.05) is 39.1 Å². The summed E-state index contributed by atoms with van der Waals surface area (Å²) in [6.45, 7) is 4.49. The van der Waals surface area contributed by atoms with Gasteiger partial charge in [0.15, 0.2) is 0 Å². The highest BCUT2D eigenvalue weighted by Gasteiger charge is 2.26. The Kier molecular flexibility index (Phi) is 9.56. The summed E-state index contributed by atoms with van der Waals surface area (Å²) in [5.41, 5.74) is 0. The molecule has 0 aromatic heterocycles. The molecule has 0 bridgehead atoms. The molecular formula is C17H32ClN3O2. The fourth-order valence-corrected chi connectivity index (χ4v) is 3.57. The van der Waals surface area contributed by atoms with E-state index < -0.39 is 0 Å². The Bertz CT molecular complexity index is 371. The monoisotopic (exact) mass is 345 g/mol. The van der Waals surface area contributed by atoms with Gasteiger partial charge in [0.05, 0.1) is 5.92 Å². The van der Waals surface area contributed by atoms with E-state index in [2.05, 4.69) is 10.6 Å². The molecule has 2 rings (SSSR count). The van der Waals surface area contributed by atoms with Crippen LogP contribution in [0.5, 0.6) is 0 Å². The Morgan fingerprint density at radius 3 is 2.35 bits per heavy atom. The van der Waals surface area contributed by atoms with Gasteiger partial charge in [0.2, 0.25) is 11.8 Å². The van der Waals surface area contributed by atoms with Crippen LogP contribution in [0.2, 0.25) is 0 Å². The van der Waals surface area contributed by atoms with E-state index in [1.165, 1.54) is 38.5 Å². The van der Waals surface area contributed by atoms with Gasteiger partial charge < -0.3 is 15.5 Å². The summed E-state index contributed by atoms with van der Waals surface area (Å²) in [5, 5.41) is 6.60. The van der Waals surface area contributed by atoms with Gasteiger partial charge in [0.25, 0.3) is 0 Å². The Morgan fingerprint density at radius 1 is 1.00 bits per heavy atom. The van der Waals surface area contributed by atoms with E-state index in [1.807, 2.05) is 0 Å². The van der Waals surface area contributed by atoms with Crippen molar-refractivity contribution in [1.29, 1.82) is 0 Å². The van der Waals surface area contributed by atoms with Crippen LogP contribution in [0.15, 0.2) is 0 Å². The molecule has 23 heavy (non-hydrogen) atoms. The first-order valence-electron chi connectivity index (χ1n) is 8.93. The number of hydrogen-bond acceptors (Lipinski definition) is 3. The zero-order chi connectivity index (χ0) is 15.8. The largest absolute Gasteiger partial charge is 0.355 e. The van der Waals surface area contributed by atoms with Crippen LogP contribution in [-0.2, 0) is 9.59 Å². The number of carbonyl (C=O) groups excluding carboxylic acids is 2. The Hall–Kier alpha value is -0.810. The van der Waals surface area contributed by atoms with Gasteiger partial charge in [-0.2, -0.15) is 0 Å². The number of piperidine rings is 1. The van der Waals surface area contributed by atoms with E-state index in [0.29, 0.717) is 19.1 Å². The average molecular weight is 346 g/mol. The summed E-state index contributed by atoms with van der Waals surface area (Å²) in [6, 6.07) is 0.627. The summed E-state index contributed by atoms with van der Waals surface area (Å²) in [4.78, 5) is 25.4. The molecule has 1 heterocycles. The zero-order valence-corrected chi connectivity index (χ0v) is 15.1. The van der Waals surface area contributed by atoms with Crippen molar-refractivity contribution < 1.29 is 9.59 Å². The second-order valence-corrected chi connectivity index (χ2v) is 6.74. The van der Waals surface area contributed by atoms with Gasteiger partial charge in [0.1, 0.15) is 0 Å². The third-order valence-corrected chi connectivity index (χ3v) is 4.95. The normalized spacial score (nSPS) is 22.8. The van der Waals surface area contributed by atoms with Crippen LogP contribution in [-0.4, -0.2) is 48.9 Å². The lowest BCUT2D eigenvalue weighted by Gasteiger charge is -2.31. The third kappa shape index (κ3) is 7.08. The number of carbonyl (C=O) groups is 2. The summed E-state index contributed by atoms with van der Waals surface area (Å²) < 4.78 is 0. The molecule has 2 fully saturated rings. The molecule has 134 valence electrons. The van der Waals surface area contributed by atoms with E-state index in [1.54, 1.807) is 11.8 Å². The molecule has 0 spiro atoms. The fraction of sp³-hybridized carbons (Fsp3) is 0.882. The Labute approximate surface area is 146 Å². The summed E-state index contributed by atoms with van der Waals surface area (Å²) >= 11 is 0. The number of halogens is 1. The van der Waals surface area contributed by atoms with Crippen LogP contribution in [0.1, 0.15) is 58.3 Å². The number of rotatable bonds is 5. The first kappa shape index (κ1) is 20.2. The second-order valence-electron chi connectivity index (χ2n) is 6.74. The van der Waals surface area contributed by atoms with E-state index >= 15 is 0 Å². The summed E-state index contributed by atoms with van der Waals surface area (Å²) in [6.07, 6.45) is 9.74. The number of amides is 2. The maximum absolute atomic E-state index is 12.2. The van der Waals surface area contributed by atoms with Crippen LogP contribution < -0.4 is 10.6 Å². The predicted octanol–water partition coefficient (Wildman–Crippen LogP) is 2.10. The van der Waals surface area contributed by atoms with Gasteiger partial charge >= 0.3 is 0 Å². The second kappa shape index (κ2) is 10.9. The molecule has 1 saturated carbocycles. The topological polar surface area (TPSA) is 61.4 Å². The summed E-state index contributed by atoms with van der Waals surface area (Å²) in [7, 11) is 0. The third-order valence-electron chi connectivity index (χ3n) is 4.95. The van der Waals surface area contributed by atoms with E-state index in [9.17, 15) is 9.59 Å². The molecule has 2 N–H and O–H groups in total. The predicted molar refractivity (Wildman–Crippen MR) is 94.7 cm³/mol. The number of hydrogen-bond donors (Lipinski definition) is 2.